The molecule has 0 radical (unpaired) electrons. The third-order valence-electron chi connectivity index (χ3n) is 3.66. The maximum Gasteiger partial charge on any atom is 0.326 e. The predicted octanol–water partition coefficient (Wildman–Crippen LogP) is 1.26. The summed E-state index contributed by atoms with van der Waals surface area (Å²) < 4.78 is 17.5. The maximum atomic E-state index is 11.9. The lowest BCUT2D eigenvalue weighted by Gasteiger charge is -2.31. The zero-order valence-electron chi connectivity index (χ0n) is 13.7. The highest BCUT2D eigenvalue weighted by Gasteiger charge is 2.42. The second kappa shape index (κ2) is 7.39. The molecule has 1 N–H and O–H groups in total. The number of urea groups is 1. The number of hydrogen-bond acceptors (Lipinski definition) is 5. The first kappa shape index (κ1) is 17.2. The Balaban J connectivity index is 1.98. The lowest BCUT2D eigenvalue weighted by Crippen LogP contribution is -2.53. The minimum Gasteiger partial charge on any atom is -0.376 e. The topological polar surface area (TPSA) is 77.1 Å². The summed E-state index contributed by atoms with van der Waals surface area (Å²) >= 11 is 0. The lowest BCUT2D eigenvalue weighted by atomic mass is 10.1. The smallest absolute Gasteiger partial charge is 0.326 e. The van der Waals surface area contributed by atoms with E-state index >= 15 is 0 Å². The first-order chi connectivity index (χ1) is 10.4. The van der Waals surface area contributed by atoms with E-state index in [-0.39, 0.29) is 36.6 Å². The van der Waals surface area contributed by atoms with Crippen LogP contribution < -0.4 is 5.32 Å². The Morgan fingerprint density at radius 3 is 2.59 bits per heavy atom. The van der Waals surface area contributed by atoms with Gasteiger partial charge >= 0.3 is 6.03 Å². The zero-order chi connectivity index (χ0) is 16.3. The molecule has 3 amide bonds. The highest BCUT2D eigenvalue weighted by Crippen LogP contribution is 2.28. The summed E-state index contributed by atoms with van der Waals surface area (Å²) in [7, 11) is 0. The number of imide groups is 1. The summed E-state index contributed by atoms with van der Waals surface area (Å²) in [5.74, 6) is -0.242. The van der Waals surface area contributed by atoms with Crippen LogP contribution in [0.1, 0.15) is 40.5 Å². The van der Waals surface area contributed by atoms with Gasteiger partial charge in [0.2, 0.25) is 5.91 Å². The molecule has 7 nitrogen and oxygen atoms in total. The fourth-order valence-electron chi connectivity index (χ4n) is 2.67. The molecule has 0 bridgehead atoms. The van der Waals surface area contributed by atoms with Gasteiger partial charge in [-0.1, -0.05) is 0 Å². The van der Waals surface area contributed by atoms with Gasteiger partial charge in [-0.25, -0.2) is 4.79 Å². The molecule has 2 aliphatic heterocycles. The Bertz CT molecular complexity index is 413. The normalized spacial score (nSPS) is 29.5. The molecule has 2 aliphatic rings. The average Bonchev–Trinajstić information content (AvgIpc) is 2.78. The van der Waals surface area contributed by atoms with E-state index in [4.69, 9.17) is 14.2 Å². The molecular weight excluding hydrogens is 288 g/mol. The van der Waals surface area contributed by atoms with Gasteiger partial charge in [-0.05, 0) is 27.7 Å². The van der Waals surface area contributed by atoms with Crippen LogP contribution in [0.3, 0.4) is 0 Å². The zero-order valence-corrected chi connectivity index (χ0v) is 13.7. The third-order valence-corrected chi connectivity index (χ3v) is 3.66. The SMILES string of the molecule is CC(C)OC[C@H]1O[C@@H](N2CCC(=O)NC2=O)CC1OC(C)C. The van der Waals surface area contributed by atoms with E-state index in [0.29, 0.717) is 26.0 Å². The molecule has 2 rings (SSSR count). The summed E-state index contributed by atoms with van der Waals surface area (Å²) in [6.07, 6.45) is 0.372. The molecule has 0 aliphatic carbocycles. The van der Waals surface area contributed by atoms with Crippen molar-refractivity contribution >= 4 is 11.9 Å². The Labute approximate surface area is 131 Å². The molecule has 7 heteroatoms. The van der Waals surface area contributed by atoms with Gasteiger partial charge in [0.1, 0.15) is 12.3 Å². The summed E-state index contributed by atoms with van der Waals surface area (Å²) in [6.45, 7) is 8.68. The molecule has 126 valence electrons. The minimum atomic E-state index is -0.394. The Morgan fingerprint density at radius 1 is 1.27 bits per heavy atom. The summed E-state index contributed by atoms with van der Waals surface area (Å²) in [6, 6.07) is -0.394. The molecule has 0 saturated carbocycles. The van der Waals surface area contributed by atoms with E-state index in [2.05, 4.69) is 5.32 Å². The van der Waals surface area contributed by atoms with Crippen molar-refractivity contribution < 1.29 is 23.8 Å². The Kier molecular flexibility index (Phi) is 5.77. The first-order valence-electron chi connectivity index (χ1n) is 7.89. The third kappa shape index (κ3) is 4.41. The van der Waals surface area contributed by atoms with Crippen LogP contribution >= 0.6 is 0 Å². The molecular formula is C15H26N2O5. The van der Waals surface area contributed by atoms with Gasteiger partial charge in [-0.3, -0.25) is 15.0 Å². The van der Waals surface area contributed by atoms with Gasteiger partial charge in [0.25, 0.3) is 0 Å². The number of carbonyl (C=O) groups is 2. The highest BCUT2D eigenvalue weighted by atomic mass is 16.6. The van der Waals surface area contributed by atoms with E-state index in [1.807, 2.05) is 27.7 Å². The van der Waals surface area contributed by atoms with E-state index in [1.165, 1.54) is 0 Å². The van der Waals surface area contributed by atoms with Crippen LogP contribution in [0, 0.1) is 0 Å². The van der Waals surface area contributed by atoms with E-state index in [0.717, 1.165) is 0 Å². The van der Waals surface area contributed by atoms with Crippen molar-refractivity contribution in [3.63, 3.8) is 0 Å². The Morgan fingerprint density at radius 2 is 2.00 bits per heavy atom. The summed E-state index contributed by atoms with van der Waals surface area (Å²) in [5, 5.41) is 2.32. The van der Waals surface area contributed by atoms with Crippen molar-refractivity contribution in [3.05, 3.63) is 0 Å². The fourth-order valence-corrected chi connectivity index (χ4v) is 2.67. The average molecular weight is 314 g/mol. The quantitative estimate of drug-likeness (QED) is 0.799. The molecule has 2 heterocycles. The molecule has 2 fully saturated rings. The van der Waals surface area contributed by atoms with E-state index in [1.54, 1.807) is 4.90 Å². The lowest BCUT2D eigenvalue weighted by molar-refractivity contribution is -0.125. The largest absolute Gasteiger partial charge is 0.376 e. The number of rotatable bonds is 6. The van der Waals surface area contributed by atoms with E-state index in [9.17, 15) is 9.59 Å². The second-order valence-corrected chi connectivity index (χ2v) is 6.27. The molecule has 2 saturated heterocycles. The van der Waals surface area contributed by atoms with Crippen molar-refractivity contribution in [1.29, 1.82) is 0 Å². The van der Waals surface area contributed by atoms with Gasteiger partial charge in [0, 0.05) is 19.4 Å². The van der Waals surface area contributed by atoms with Crippen LogP contribution in [0.2, 0.25) is 0 Å². The van der Waals surface area contributed by atoms with Crippen molar-refractivity contribution in [1.82, 2.24) is 10.2 Å². The van der Waals surface area contributed by atoms with Crippen LogP contribution in [0.4, 0.5) is 4.79 Å². The van der Waals surface area contributed by atoms with Crippen LogP contribution in [-0.2, 0) is 19.0 Å². The van der Waals surface area contributed by atoms with Gasteiger partial charge < -0.3 is 14.2 Å². The van der Waals surface area contributed by atoms with Gasteiger partial charge in [0.15, 0.2) is 0 Å². The van der Waals surface area contributed by atoms with Crippen molar-refractivity contribution in [2.75, 3.05) is 13.2 Å². The van der Waals surface area contributed by atoms with Crippen LogP contribution in [0.5, 0.6) is 0 Å². The number of nitrogens with zero attached hydrogens (tertiary/aromatic N) is 1. The van der Waals surface area contributed by atoms with Crippen LogP contribution in [0.25, 0.3) is 0 Å². The molecule has 22 heavy (non-hydrogen) atoms. The number of carbonyl (C=O) groups excluding carboxylic acids is 2. The number of amides is 3. The fraction of sp³-hybridized carbons (Fsp3) is 0.867. The highest BCUT2D eigenvalue weighted by molar-refractivity contribution is 5.96. The van der Waals surface area contributed by atoms with Gasteiger partial charge in [-0.15, -0.1) is 0 Å². The number of ether oxygens (including phenoxy) is 3. The van der Waals surface area contributed by atoms with Crippen LogP contribution in [0.15, 0.2) is 0 Å². The molecule has 0 aromatic rings. The molecule has 0 aromatic carbocycles. The summed E-state index contributed by atoms with van der Waals surface area (Å²) in [5.41, 5.74) is 0. The van der Waals surface area contributed by atoms with Gasteiger partial charge in [0.05, 0.1) is 24.9 Å². The first-order valence-corrected chi connectivity index (χ1v) is 7.89. The molecule has 0 spiro atoms. The minimum absolute atomic E-state index is 0.0747. The summed E-state index contributed by atoms with van der Waals surface area (Å²) in [4.78, 5) is 24.7. The molecule has 1 unspecified atom stereocenters. The monoisotopic (exact) mass is 314 g/mol. The number of nitrogens with one attached hydrogen (secondary N) is 1. The van der Waals surface area contributed by atoms with Crippen molar-refractivity contribution in [2.24, 2.45) is 0 Å². The Hall–Kier alpha value is -1.18. The van der Waals surface area contributed by atoms with Crippen LogP contribution in [-0.4, -0.2) is 60.6 Å². The van der Waals surface area contributed by atoms with Crippen molar-refractivity contribution in [2.45, 2.75) is 71.2 Å². The standard InChI is InChI=1S/C15H26N2O5/c1-9(2)20-8-12-11(21-10(3)4)7-14(22-12)17-6-5-13(18)16-15(17)19/h9-12,14H,5-8H2,1-4H3,(H,16,18,19)/t11?,12-,14-/m1/s1. The van der Waals surface area contributed by atoms with Gasteiger partial charge in [-0.2, -0.15) is 0 Å². The number of hydrogen-bond donors (Lipinski definition) is 1. The molecule has 3 atom stereocenters. The predicted molar refractivity (Wildman–Crippen MR) is 79.2 cm³/mol. The maximum absolute atomic E-state index is 11.9. The molecule has 0 aromatic heterocycles. The van der Waals surface area contributed by atoms with E-state index < -0.39 is 6.03 Å². The second-order valence-electron chi connectivity index (χ2n) is 6.27. The van der Waals surface area contributed by atoms with Crippen molar-refractivity contribution in [3.8, 4) is 0 Å².